The number of carbonyl (C=O) groups is 3. The molecule has 32 heavy (non-hydrogen) atoms. The van der Waals surface area contributed by atoms with Crippen LogP contribution in [0.25, 0.3) is 0 Å². The predicted molar refractivity (Wildman–Crippen MR) is 118 cm³/mol. The highest BCUT2D eigenvalue weighted by atomic mass is 35.5. The average Bonchev–Trinajstić information content (AvgIpc) is 3.41. The molecular weight excluding hydrogens is 456 g/mol. The number of nitrogens with one attached hydrogen (secondary N) is 1. The van der Waals surface area contributed by atoms with Crippen LogP contribution in [0.1, 0.15) is 25.0 Å². The summed E-state index contributed by atoms with van der Waals surface area (Å²) in [6.07, 6.45) is 0. The van der Waals surface area contributed by atoms with E-state index in [0.29, 0.717) is 33.3 Å². The van der Waals surface area contributed by atoms with Gasteiger partial charge in [-0.05, 0) is 29.5 Å². The molecule has 1 N–H and O–H groups in total. The lowest BCUT2D eigenvalue weighted by molar-refractivity contribution is -0.139. The molecule has 9 nitrogen and oxygen atoms in total. The molecule has 0 aromatic heterocycles. The van der Waals surface area contributed by atoms with E-state index in [1.807, 2.05) is 6.07 Å². The molecule has 0 saturated heterocycles. The molecule has 3 amide bonds. The first kappa shape index (κ1) is 20.7. The van der Waals surface area contributed by atoms with Gasteiger partial charge in [0, 0.05) is 30.5 Å². The molecule has 0 radical (unpaired) electrons. The number of hydrazone groups is 1. The molecule has 3 aliphatic heterocycles. The third kappa shape index (κ3) is 3.01. The Morgan fingerprint density at radius 3 is 2.66 bits per heavy atom. The van der Waals surface area contributed by atoms with E-state index in [1.54, 1.807) is 35.2 Å². The Kier molecular flexibility index (Phi) is 4.79. The standard InChI is InChI=1S/C21H17ClN4O5S/c1-11(27)23-20-24-26(12(2)28)21(32-20)14-5-3-4-6-16(14)25(19(21)29)9-13-7-17-18(8-15(13)22)31-10-30-17/h3-8H,9-10H2,1-2H3,(H,23,24,27)/t21-/m1/s1. The number of thioether (sulfide) groups is 1. The van der Waals surface area contributed by atoms with E-state index in [2.05, 4.69) is 10.4 Å². The predicted octanol–water partition coefficient (Wildman–Crippen LogP) is 2.77. The first-order valence-corrected chi connectivity index (χ1v) is 10.9. The minimum absolute atomic E-state index is 0.108. The summed E-state index contributed by atoms with van der Waals surface area (Å²) < 4.78 is 10.8. The Bertz CT molecular complexity index is 1220. The largest absolute Gasteiger partial charge is 0.454 e. The lowest BCUT2D eigenvalue weighted by atomic mass is 10.1. The minimum atomic E-state index is -1.46. The summed E-state index contributed by atoms with van der Waals surface area (Å²) in [5.74, 6) is -0.0398. The summed E-state index contributed by atoms with van der Waals surface area (Å²) in [7, 11) is 0. The van der Waals surface area contributed by atoms with Gasteiger partial charge in [-0.2, -0.15) is 5.01 Å². The van der Waals surface area contributed by atoms with Gasteiger partial charge >= 0.3 is 0 Å². The Balaban J connectivity index is 1.58. The van der Waals surface area contributed by atoms with E-state index in [9.17, 15) is 14.4 Å². The number of ether oxygens (including phenoxy) is 2. The van der Waals surface area contributed by atoms with Gasteiger partial charge in [-0.3, -0.25) is 14.4 Å². The number of hydrogen-bond donors (Lipinski definition) is 1. The molecule has 0 saturated carbocycles. The highest BCUT2D eigenvalue weighted by molar-refractivity contribution is 8.15. The Labute approximate surface area is 192 Å². The van der Waals surface area contributed by atoms with Crippen LogP contribution in [0, 0.1) is 0 Å². The third-order valence-electron chi connectivity index (χ3n) is 5.28. The van der Waals surface area contributed by atoms with Crippen LogP contribution in [0.2, 0.25) is 5.02 Å². The molecule has 0 unspecified atom stereocenters. The second-order valence-corrected chi connectivity index (χ2v) is 8.96. The van der Waals surface area contributed by atoms with E-state index >= 15 is 0 Å². The van der Waals surface area contributed by atoms with Crippen LogP contribution in [0.15, 0.2) is 41.5 Å². The van der Waals surface area contributed by atoms with Gasteiger partial charge < -0.3 is 19.7 Å². The van der Waals surface area contributed by atoms with Crippen molar-refractivity contribution in [3.05, 3.63) is 52.5 Å². The summed E-state index contributed by atoms with van der Waals surface area (Å²) >= 11 is 7.49. The topological polar surface area (TPSA) is 101 Å². The summed E-state index contributed by atoms with van der Waals surface area (Å²) in [5, 5.41) is 8.57. The molecule has 2 aromatic rings. The molecular formula is C21H17ClN4O5S. The van der Waals surface area contributed by atoms with Crippen molar-refractivity contribution >= 4 is 51.9 Å². The lowest BCUT2D eigenvalue weighted by Gasteiger charge is -2.29. The fraction of sp³-hybridized carbons (Fsp3) is 0.238. The number of amides is 3. The second-order valence-electron chi connectivity index (χ2n) is 7.37. The van der Waals surface area contributed by atoms with E-state index in [1.165, 1.54) is 13.8 Å². The first-order chi connectivity index (χ1) is 15.3. The smallest absolute Gasteiger partial charge is 0.271 e. The van der Waals surface area contributed by atoms with Gasteiger partial charge in [-0.25, -0.2) is 0 Å². The number of halogens is 1. The zero-order valence-electron chi connectivity index (χ0n) is 17.0. The number of benzene rings is 2. The Hall–Kier alpha value is -3.24. The summed E-state index contributed by atoms with van der Waals surface area (Å²) in [6, 6.07) is 10.6. The van der Waals surface area contributed by atoms with Crippen molar-refractivity contribution in [2.75, 3.05) is 11.7 Å². The van der Waals surface area contributed by atoms with Crippen molar-refractivity contribution in [2.45, 2.75) is 25.3 Å². The maximum absolute atomic E-state index is 13.9. The molecule has 1 atom stereocenters. The van der Waals surface area contributed by atoms with E-state index < -0.39 is 10.8 Å². The van der Waals surface area contributed by atoms with Crippen LogP contribution in [0.4, 0.5) is 5.69 Å². The molecule has 2 aromatic carbocycles. The summed E-state index contributed by atoms with van der Waals surface area (Å²) in [5.41, 5.74) is 1.90. The zero-order valence-corrected chi connectivity index (χ0v) is 18.6. The summed E-state index contributed by atoms with van der Waals surface area (Å²) in [4.78, 5) is 38.1. The molecule has 1 spiro atoms. The number of nitrogens with zero attached hydrogens (tertiary/aromatic N) is 3. The normalized spacial score (nSPS) is 20.6. The highest BCUT2D eigenvalue weighted by Crippen LogP contribution is 2.55. The van der Waals surface area contributed by atoms with Gasteiger partial charge in [0.1, 0.15) is 0 Å². The molecule has 0 fully saturated rings. The highest BCUT2D eigenvalue weighted by Gasteiger charge is 2.61. The van der Waals surface area contributed by atoms with E-state index in [4.69, 9.17) is 21.1 Å². The second kappa shape index (κ2) is 7.42. The van der Waals surface area contributed by atoms with E-state index in [0.717, 1.165) is 16.8 Å². The van der Waals surface area contributed by atoms with Crippen LogP contribution >= 0.6 is 23.4 Å². The van der Waals surface area contributed by atoms with Gasteiger partial charge in [0.05, 0.1) is 12.2 Å². The summed E-state index contributed by atoms with van der Waals surface area (Å²) in [6.45, 7) is 2.92. The Morgan fingerprint density at radius 1 is 1.22 bits per heavy atom. The molecule has 164 valence electrons. The van der Waals surface area contributed by atoms with Crippen LogP contribution in [-0.4, -0.2) is 34.7 Å². The number of fused-ring (bicyclic) bond motifs is 3. The zero-order chi connectivity index (χ0) is 22.6. The Morgan fingerprint density at radius 2 is 1.94 bits per heavy atom. The van der Waals surface area contributed by atoms with E-state index in [-0.39, 0.29) is 30.3 Å². The van der Waals surface area contributed by atoms with Crippen LogP contribution in [0.5, 0.6) is 11.5 Å². The average molecular weight is 473 g/mol. The molecule has 5 rings (SSSR count). The van der Waals surface area contributed by atoms with Crippen molar-refractivity contribution in [1.29, 1.82) is 0 Å². The quantitative estimate of drug-likeness (QED) is 0.721. The van der Waals surface area contributed by atoms with Crippen molar-refractivity contribution in [2.24, 2.45) is 5.10 Å². The SMILES string of the molecule is CC(=O)NC1=NN(C(C)=O)[C@]2(S1)C(=O)N(Cc1cc3c(cc1Cl)OCO3)c1ccccc12. The fourth-order valence-electron chi connectivity index (χ4n) is 3.97. The maximum Gasteiger partial charge on any atom is 0.271 e. The number of rotatable bonds is 2. The maximum atomic E-state index is 13.9. The molecule has 3 aliphatic rings. The first-order valence-electron chi connectivity index (χ1n) is 9.67. The third-order valence-corrected chi connectivity index (χ3v) is 6.87. The molecule has 0 aliphatic carbocycles. The van der Waals surface area contributed by atoms with Crippen molar-refractivity contribution in [3.63, 3.8) is 0 Å². The van der Waals surface area contributed by atoms with Gasteiger partial charge in [-0.1, -0.05) is 29.8 Å². The number of hydrogen-bond acceptors (Lipinski definition) is 7. The number of anilines is 1. The minimum Gasteiger partial charge on any atom is -0.454 e. The molecule has 0 bridgehead atoms. The van der Waals surface area contributed by atoms with Gasteiger partial charge in [0.15, 0.2) is 16.7 Å². The fourth-order valence-corrected chi connectivity index (χ4v) is 5.52. The number of para-hydroxylation sites is 1. The number of carbonyl (C=O) groups excluding carboxylic acids is 3. The van der Waals surface area contributed by atoms with Crippen LogP contribution in [-0.2, 0) is 25.8 Å². The van der Waals surface area contributed by atoms with Crippen molar-refractivity contribution < 1.29 is 23.9 Å². The molecule has 11 heteroatoms. The van der Waals surface area contributed by atoms with Gasteiger partial charge in [-0.15, -0.1) is 5.10 Å². The lowest BCUT2D eigenvalue weighted by Crippen LogP contribution is -2.48. The molecule has 3 heterocycles. The number of amidine groups is 1. The monoisotopic (exact) mass is 472 g/mol. The van der Waals surface area contributed by atoms with Gasteiger partial charge in [0.2, 0.25) is 23.5 Å². The van der Waals surface area contributed by atoms with Crippen molar-refractivity contribution in [1.82, 2.24) is 10.3 Å². The van der Waals surface area contributed by atoms with Crippen LogP contribution < -0.4 is 19.7 Å². The van der Waals surface area contributed by atoms with Gasteiger partial charge in [0.25, 0.3) is 5.91 Å². The van der Waals surface area contributed by atoms with Crippen LogP contribution in [0.3, 0.4) is 0 Å². The van der Waals surface area contributed by atoms with Crippen molar-refractivity contribution in [3.8, 4) is 11.5 Å².